The Morgan fingerprint density at radius 3 is 2.50 bits per heavy atom. The number of benzene rings is 2. The molecule has 2 N–H and O–H groups in total. The quantitative estimate of drug-likeness (QED) is 0.489. The van der Waals surface area contributed by atoms with Crippen molar-refractivity contribution in [3.63, 3.8) is 0 Å². The summed E-state index contributed by atoms with van der Waals surface area (Å²) in [6.45, 7) is 2.02. The number of hydrogen-bond donors (Lipinski definition) is 2. The summed E-state index contributed by atoms with van der Waals surface area (Å²) in [5.41, 5.74) is 4.24. The second-order valence-corrected chi connectivity index (χ2v) is 6.86. The van der Waals surface area contributed by atoms with Crippen LogP contribution in [0.2, 0.25) is 0 Å². The number of nitrogens with one attached hydrogen (secondary N) is 2. The lowest BCUT2D eigenvalue weighted by Crippen LogP contribution is -2.19. The number of carbonyl (C=O) groups is 1. The van der Waals surface area contributed by atoms with Gasteiger partial charge in [-0.1, -0.05) is 31.2 Å². The van der Waals surface area contributed by atoms with E-state index in [-0.39, 0.29) is 11.7 Å². The van der Waals surface area contributed by atoms with Crippen LogP contribution < -0.4 is 10.6 Å². The lowest BCUT2D eigenvalue weighted by atomic mass is 10.0. The van der Waals surface area contributed by atoms with Gasteiger partial charge in [0.2, 0.25) is 0 Å². The Morgan fingerprint density at radius 2 is 1.83 bits per heavy atom. The maximum Gasteiger partial charge on any atom is 0.254 e. The molecule has 0 spiro atoms. The maximum absolute atomic E-state index is 14.9. The molecule has 2 aromatic heterocycles. The summed E-state index contributed by atoms with van der Waals surface area (Å²) in [6, 6.07) is 16.4. The van der Waals surface area contributed by atoms with Gasteiger partial charge in [0.05, 0.1) is 16.8 Å². The second-order valence-electron chi connectivity index (χ2n) is 6.86. The average molecular weight is 400 g/mol. The van der Waals surface area contributed by atoms with Gasteiger partial charge in [0.1, 0.15) is 5.82 Å². The molecule has 2 aromatic carbocycles. The Balaban J connectivity index is 1.93. The SMILES string of the molecule is CCc1ccc(-c2cc3c(Nc4ccccc4)c(C(=O)NC)cnc3cc2F)cn1. The van der Waals surface area contributed by atoms with Gasteiger partial charge in [-0.05, 0) is 30.7 Å². The lowest BCUT2D eigenvalue weighted by molar-refractivity contribution is 0.0963. The number of fused-ring (bicyclic) bond motifs is 1. The van der Waals surface area contributed by atoms with E-state index in [0.717, 1.165) is 17.8 Å². The Labute approximate surface area is 174 Å². The fraction of sp³-hybridized carbons (Fsp3) is 0.125. The molecule has 4 rings (SSSR count). The smallest absolute Gasteiger partial charge is 0.254 e. The van der Waals surface area contributed by atoms with Crippen LogP contribution in [0, 0.1) is 5.82 Å². The molecule has 0 saturated carbocycles. The first-order chi connectivity index (χ1) is 14.6. The number of anilines is 2. The Morgan fingerprint density at radius 1 is 1.03 bits per heavy atom. The number of nitrogens with zero attached hydrogens (tertiary/aromatic N) is 2. The van der Waals surface area contributed by atoms with Crippen molar-refractivity contribution in [1.82, 2.24) is 15.3 Å². The van der Waals surface area contributed by atoms with E-state index < -0.39 is 0 Å². The van der Waals surface area contributed by atoms with Crippen LogP contribution in [0.15, 0.2) is 67.0 Å². The molecule has 30 heavy (non-hydrogen) atoms. The van der Waals surface area contributed by atoms with Crippen molar-refractivity contribution in [2.24, 2.45) is 0 Å². The third kappa shape index (κ3) is 3.72. The number of para-hydroxylation sites is 1. The molecule has 0 saturated heterocycles. The van der Waals surface area contributed by atoms with Gasteiger partial charge in [0.15, 0.2) is 0 Å². The number of hydrogen-bond acceptors (Lipinski definition) is 4. The Hall–Kier alpha value is -3.80. The number of pyridine rings is 2. The molecule has 0 unspecified atom stereocenters. The molecule has 0 aliphatic heterocycles. The number of aromatic nitrogens is 2. The molecule has 0 radical (unpaired) electrons. The predicted octanol–water partition coefficient (Wildman–Crippen LogP) is 5.10. The summed E-state index contributed by atoms with van der Waals surface area (Å²) in [5, 5.41) is 6.60. The summed E-state index contributed by atoms with van der Waals surface area (Å²) < 4.78 is 14.9. The standard InChI is InChI=1S/C24H21FN4O/c1-3-16-10-9-15(13-27-16)18-11-19-22(12-21(18)25)28-14-20(24(30)26-2)23(19)29-17-7-5-4-6-8-17/h4-14H,3H2,1-2H3,(H,26,30)(H,28,29). The number of carbonyl (C=O) groups excluding carboxylic acids is 1. The molecular weight excluding hydrogens is 379 g/mol. The highest BCUT2D eigenvalue weighted by atomic mass is 19.1. The van der Waals surface area contributed by atoms with Crippen molar-refractivity contribution < 1.29 is 9.18 Å². The van der Waals surface area contributed by atoms with E-state index in [0.29, 0.717) is 33.3 Å². The summed E-state index contributed by atoms with van der Waals surface area (Å²) in [5.74, 6) is -0.665. The minimum absolute atomic E-state index is 0.275. The monoisotopic (exact) mass is 400 g/mol. The first-order valence-electron chi connectivity index (χ1n) is 9.72. The van der Waals surface area contributed by atoms with E-state index in [2.05, 4.69) is 20.6 Å². The Kier molecular flexibility index (Phi) is 5.39. The molecule has 1 amide bonds. The van der Waals surface area contributed by atoms with Crippen molar-refractivity contribution >= 4 is 28.2 Å². The molecule has 0 aliphatic rings. The third-order valence-electron chi connectivity index (χ3n) is 4.97. The summed E-state index contributed by atoms with van der Waals surface area (Å²) in [4.78, 5) is 21.2. The zero-order chi connectivity index (χ0) is 21.1. The van der Waals surface area contributed by atoms with Crippen LogP contribution in [-0.4, -0.2) is 22.9 Å². The molecule has 0 aliphatic carbocycles. The van der Waals surface area contributed by atoms with Crippen LogP contribution >= 0.6 is 0 Å². The molecule has 0 bridgehead atoms. The van der Waals surface area contributed by atoms with Crippen LogP contribution in [0.5, 0.6) is 0 Å². The van der Waals surface area contributed by atoms with Crippen LogP contribution in [0.1, 0.15) is 23.0 Å². The Bertz CT molecular complexity index is 1210. The van der Waals surface area contributed by atoms with Crippen molar-refractivity contribution in [3.8, 4) is 11.1 Å². The molecule has 6 heteroatoms. The van der Waals surface area contributed by atoms with E-state index in [9.17, 15) is 9.18 Å². The third-order valence-corrected chi connectivity index (χ3v) is 4.97. The van der Waals surface area contributed by atoms with Crippen molar-refractivity contribution in [2.75, 3.05) is 12.4 Å². The highest BCUT2D eigenvalue weighted by molar-refractivity contribution is 6.08. The van der Waals surface area contributed by atoms with Crippen molar-refractivity contribution in [1.29, 1.82) is 0 Å². The second kappa shape index (κ2) is 8.29. The van der Waals surface area contributed by atoms with E-state index in [1.165, 1.54) is 12.3 Å². The molecule has 0 atom stereocenters. The number of rotatable bonds is 5. The number of amides is 1. The number of aryl methyl sites for hydroxylation is 1. The minimum atomic E-state index is -0.389. The van der Waals surface area contributed by atoms with Gasteiger partial charge in [-0.25, -0.2) is 4.39 Å². The summed E-state index contributed by atoms with van der Waals surface area (Å²) in [6.07, 6.45) is 3.94. The highest BCUT2D eigenvalue weighted by Crippen LogP contribution is 2.34. The number of halogens is 1. The van der Waals surface area contributed by atoms with Crippen molar-refractivity contribution in [2.45, 2.75) is 13.3 Å². The minimum Gasteiger partial charge on any atom is -0.355 e. The zero-order valence-electron chi connectivity index (χ0n) is 16.7. The molecule has 4 aromatic rings. The molecule has 150 valence electrons. The van der Waals surface area contributed by atoms with Gasteiger partial charge < -0.3 is 10.6 Å². The van der Waals surface area contributed by atoms with Crippen LogP contribution in [-0.2, 0) is 6.42 Å². The van der Waals surface area contributed by atoms with E-state index >= 15 is 0 Å². The van der Waals surface area contributed by atoms with Crippen LogP contribution in [0.25, 0.3) is 22.0 Å². The fourth-order valence-electron chi connectivity index (χ4n) is 3.34. The largest absolute Gasteiger partial charge is 0.355 e. The first-order valence-corrected chi connectivity index (χ1v) is 9.72. The van der Waals surface area contributed by atoms with E-state index in [1.54, 1.807) is 19.3 Å². The van der Waals surface area contributed by atoms with Gasteiger partial charge >= 0.3 is 0 Å². The summed E-state index contributed by atoms with van der Waals surface area (Å²) in [7, 11) is 1.57. The fourth-order valence-corrected chi connectivity index (χ4v) is 3.34. The van der Waals surface area contributed by atoms with Crippen molar-refractivity contribution in [3.05, 3.63) is 84.1 Å². The highest BCUT2D eigenvalue weighted by Gasteiger charge is 2.18. The maximum atomic E-state index is 14.9. The normalized spacial score (nSPS) is 10.8. The van der Waals surface area contributed by atoms with Gasteiger partial charge in [-0.15, -0.1) is 0 Å². The van der Waals surface area contributed by atoms with Gasteiger partial charge in [0, 0.05) is 53.4 Å². The van der Waals surface area contributed by atoms with Crippen LogP contribution in [0.4, 0.5) is 15.8 Å². The van der Waals surface area contributed by atoms with Gasteiger partial charge in [-0.3, -0.25) is 14.8 Å². The first kappa shape index (κ1) is 19.5. The summed E-state index contributed by atoms with van der Waals surface area (Å²) >= 11 is 0. The molecular formula is C24H21FN4O. The molecule has 5 nitrogen and oxygen atoms in total. The molecule has 0 fully saturated rings. The average Bonchev–Trinajstić information content (AvgIpc) is 2.79. The predicted molar refractivity (Wildman–Crippen MR) is 117 cm³/mol. The zero-order valence-corrected chi connectivity index (χ0v) is 16.7. The van der Waals surface area contributed by atoms with Crippen LogP contribution in [0.3, 0.4) is 0 Å². The van der Waals surface area contributed by atoms with Gasteiger partial charge in [-0.2, -0.15) is 0 Å². The van der Waals surface area contributed by atoms with E-state index in [4.69, 9.17) is 0 Å². The van der Waals surface area contributed by atoms with E-state index in [1.807, 2.05) is 49.4 Å². The molecule has 2 heterocycles. The van der Waals surface area contributed by atoms with Gasteiger partial charge in [0.25, 0.3) is 5.91 Å². The lowest BCUT2D eigenvalue weighted by Gasteiger charge is -2.15. The topological polar surface area (TPSA) is 66.9 Å².